The Labute approximate surface area is 211 Å². The van der Waals surface area contributed by atoms with Gasteiger partial charge >= 0.3 is 5.97 Å². The van der Waals surface area contributed by atoms with E-state index in [0.29, 0.717) is 32.7 Å². The number of para-hydroxylation sites is 1. The molecule has 0 bridgehead atoms. The van der Waals surface area contributed by atoms with E-state index in [-0.39, 0.29) is 5.97 Å². The van der Waals surface area contributed by atoms with Crippen LogP contribution >= 0.6 is 0 Å². The third kappa shape index (κ3) is 4.56. The molecule has 0 N–H and O–H groups in total. The SMILES string of the molecule is CCOC(=O)C1(Cc2ccccc2)CN(c2ccccc2)Cc2nnn(Cc3ccc(OC)cc3)c21. The highest BCUT2D eigenvalue weighted by Crippen LogP contribution is 2.39. The van der Waals surface area contributed by atoms with Crippen molar-refractivity contribution in [1.82, 2.24) is 15.0 Å². The van der Waals surface area contributed by atoms with Crippen LogP contribution < -0.4 is 9.64 Å². The predicted molar refractivity (Wildman–Crippen MR) is 138 cm³/mol. The standard InChI is InChI=1S/C29H30N4O3/c1-3-36-28(34)29(18-22-10-6-4-7-11-22)21-32(24-12-8-5-9-13-24)20-26-27(29)33(31-30-26)19-23-14-16-25(35-2)17-15-23/h4-17H,3,18-21H2,1-2H3. The van der Waals surface area contributed by atoms with Crippen molar-refractivity contribution in [3.05, 3.63) is 107 Å². The number of fused-ring (bicyclic) bond motifs is 1. The molecule has 0 spiro atoms. The first-order chi connectivity index (χ1) is 17.6. The molecule has 0 saturated heterocycles. The summed E-state index contributed by atoms with van der Waals surface area (Å²) in [6, 6.07) is 28.1. The van der Waals surface area contributed by atoms with E-state index in [1.807, 2.05) is 72.3 Å². The summed E-state index contributed by atoms with van der Waals surface area (Å²) in [5.41, 5.74) is 3.79. The summed E-state index contributed by atoms with van der Waals surface area (Å²) in [5, 5.41) is 9.12. The van der Waals surface area contributed by atoms with Crippen molar-refractivity contribution in [2.75, 3.05) is 25.2 Å². The number of esters is 1. The molecule has 7 heteroatoms. The summed E-state index contributed by atoms with van der Waals surface area (Å²) in [4.78, 5) is 16.1. The molecule has 1 aliphatic rings. The van der Waals surface area contributed by atoms with Gasteiger partial charge in [-0.05, 0) is 48.7 Å². The van der Waals surface area contributed by atoms with Gasteiger partial charge in [0.25, 0.3) is 0 Å². The van der Waals surface area contributed by atoms with E-state index in [1.165, 1.54) is 0 Å². The van der Waals surface area contributed by atoms with Gasteiger partial charge in [0.15, 0.2) is 0 Å². The van der Waals surface area contributed by atoms with Crippen molar-refractivity contribution in [3.8, 4) is 5.75 Å². The molecule has 0 radical (unpaired) electrons. The Bertz CT molecular complexity index is 1310. The van der Waals surface area contributed by atoms with Gasteiger partial charge in [-0.2, -0.15) is 0 Å². The summed E-state index contributed by atoms with van der Waals surface area (Å²) in [6.07, 6.45) is 0.485. The summed E-state index contributed by atoms with van der Waals surface area (Å²) in [7, 11) is 1.65. The average Bonchev–Trinajstić information content (AvgIpc) is 3.33. The highest BCUT2D eigenvalue weighted by molar-refractivity contribution is 5.85. The van der Waals surface area contributed by atoms with Crippen molar-refractivity contribution in [3.63, 3.8) is 0 Å². The number of anilines is 1. The molecule has 7 nitrogen and oxygen atoms in total. The number of rotatable bonds is 8. The zero-order valence-corrected chi connectivity index (χ0v) is 20.6. The molecule has 1 aromatic heterocycles. The van der Waals surface area contributed by atoms with Gasteiger partial charge in [-0.15, -0.1) is 5.10 Å². The second-order valence-electron chi connectivity index (χ2n) is 9.05. The highest BCUT2D eigenvalue weighted by Gasteiger charge is 2.51. The smallest absolute Gasteiger partial charge is 0.320 e. The predicted octanol–water partition coefficient (Wildman–Crippen LogP) is 4.40. The number of methoxy groups -OCH3 is 1. The Kier molecular flexibility index (Phi) is 6.71. The monoisotopic (exact) mass is 482 g/mol. The topological polar surface area (TPSA) is 69.5 Å². The lowest BCUT2D eigenvalue weighted by atomic mass is 9.74. The van der Waals surface area contributed by atoms with Crippen LogP contribution in [0.2, 0.25) is 0 Å². The lowest BCUT2D eigenvalue weighted by molar-refractivity contribution is -0.150. The van der Waals surface area contributed by atoms with Crippen molar-refractivity contribution in [1.29, 1.82) is 0 Å². The molecule has 36 heavy (non-hydrogen) atoms. The van der Waals surface area contributed by atoms with Crippen LogP contribution in [-0.4, -0.2) is 41.2 Å². The molecular formula is C29H30N4O3. The van der Waals surface area contributed by atoms with Crippen molar-refractivity contribution in [2.24, 2.45) is 0 Å². The molecule has 0 amide bonds. The number of benzene rings is 3. The van der Waals surface area contributed by atoms with Crippen molar-refractivity contribution in [2.45, 2.75) is 31.8 Å². The van der Waals surface area contributed by atoms with Crippen LogP contribution in [0, 0.1) is 0 Å². The van der Waals surface area contributed by atoms with Crippen LogP contribution in [0.15, 0.2) is 84.9 Å². The van der Waals surface area contributed by atoms with Crippen molar-refractivity contribution >= 4 is 11.7 Å². The average molecular weight is 483 g/mol. The van der Waals surface area contributed by atoms with Gasteiger partial charge in [0.2, 0.25) is 0 Å². The zero-order valence-electron chi connectivity index (χ0n) is 20.6. The molecular weight excluding hydrogens is 452 g/mol. The molecule has 1 aliphatic heterocycles. The minimum atomic E-state index is -0.975. The molecule has 1 unspecified atom stereocenters. The first-order valence-corrected chi connectivity index (χ1v) is 12.2. The van der Waals surface area contributed by atoms with E-state index in [9.17, 15) is 4.79 Å². The van der Waals surface area contributed by atoms with Crippen LogP contribution in [0.1, 0.15) is 29.4 Å². The number of carbonyl (C=O) groups excluding carboxylic acids is 1. The molecule has 1 atom stereocenters. The molecule has 0 saturated carbocycles. The zero-order chi connectivity index (χ0) is 25.0. The normalized spacial score (nSPS) is 16.9. The highest BCUT2D eigenvalue weighted by atomic mass is 16.5. The first kappa shape index (κ1) is 23.6. The maximum atomic E-state index is 13.9. The molecule has 2 heterocycles. The van der Waals surface area contributed by atoms with Gasteiger partial charge in [0, 0.05) is 12.2 Å². The minimum absolute atomic E-state index is 0.256. The Hall–Kier alpha value is -4.13. The molecule has 0 fully saturated rings. The largest absolute Gasteiger partial charge is 0.497 e. The second kappa shape index (κ2) is 10.2. The number of aromatic nitrogens is 3. The fourth-order valence-electron chi connectivity index (χ4n) is 5.04. The Morgan fingerprint density at radius 2 is 1.64 bits per heavy atom. The lowest BCUT2D eigenvalue weighted by Crippen LogP contribution is -2.54. The van der Waals surface area contributed by atoms with E-state index in [4.69, 9.17) is 9.47 Å². The number of carbonyl (C=O) groups is 1. The van der Waals surface area contributed by atoms with Gasteiger partial charge in [0.05, 0.1) is 32.5 Å². The molecule has 184 valence electrons. The summed E-state index contributed by atoms with van der Waals surface area (Å²) in [6.45, 7) is 3.68. The summed E-state index contributed by atoms with van der Waals surface area (Å²) < 4.78 is 12.9. The Balaban J connectivity index is 1.63. The molecule has 5 rings (SSSR count). The van der Waals surface area contributed by atoms with Crippen LogP contribution in [0.25, 0.3) is 0 Å². The van der Waals surface area contributed by atoms with Crippen LogP contribution in [-0.2, 0) is 34.5 Å². The molecule has 3 aromatic carbocycles. The van der Waals surface area contributed by atoms with Gasteiger partial charge in [-0.25, -0.2) is 4.68 Å². The van der Waals surface area contributed by atoms with Crippen LogP contribution in [0.5, 0.6) is 5.75 Å². The van der Waals surface area contributed by atoms with Crippen LogP contribution in [0.4, 0.5) is 5.69 Å². The third-order valence-corrected chi connectivity index (χ3v) is 6.69. The number of nitrogens with zero attached hydrogens (tertiary/aromatic N) is 4. The molecule has 4 aromatic rings. The quantitative estimate of drug-likeness (QED) is 0.347. The maximum Gasteiger partial charge on any atom is 0.320 e. The fraction of sp³-hybridized carbons (Fsp3) is 0.276. The van der Waals surface area contributed by atoms with E-state index in [1.54, 1.807) is 7.11 Å². The third-order valence-electron chi connectivity index (χ3n) is 6.69. The van der Waals surface area contributed by atoms with Gasteiger partial charge in [-0.3, -0.25) is 4.79 Å². The van der Waals surface area contributed by atoms with Crippen LogP contribution in [0.3, 0.4) is 0 Å². The second-order valence-corrected chi connectivity index (χ2v) is 9.05. The Morgan fingerprint density at radius 1 is 0.944 bits per heavy atom. The fourth-order valence-corrected chi connectivity index (χ4v) is 5.04. The number of hydrogen-bond acceptors (Lipinski definition) is 6. The number of ether oxygens (including phenoxy) is 2. The van der Waals surface area contributed by atoms with Gasteiger partial charge in [-0.1, -0.05) is 65.9 Å². The first-order valence-electron chi connectivity index (χ1n) is 12.2. The van der Waals surface area contributed by atoms with Gasteiger partial charge in [0.1, 0.15) is 16.9 Å². The maximum absolute atomic E-state index is 13.9. The van der Waals surface area contributed by atoms with Gasteiger partial charge < -0.3 is 14.4 Å². The summed E-state index contributed by atoms with van der Waals surface area (Å²) >= 11 is 0. The molecule has 0 aliphatic carbocycles. The summed E-state index contributed by atoms with van der Waals surface area (Å²) in [5.74, 6) is 0.539. The van der Waals surface area contributed by atoms with E-state index in [2.05, 4.69) is 39.5 Å². The van der Waals surface area contributed by atoms with Crippen molar-refractivity contribution < 1.29 is 14.3 Å². The van der Waals surface area contributed by atoms with E-state index >= 15 is 0 Å². The van der Waals surface area contributed by atoms with E-state index < -0.39 is 5.41 Å². The minimum Gasteiger partial charge on any atom is -0.497 e. The Morgan fingerprint density at radius 3 is 2.31 bits per heavy atom. The lowest BCUT2D eigenvalue weighted by Gasteiger charge is -2.41. The number of hydrogen-bond donors (Lipinski definition) is 0. The van der Waals surface area contributed by atoms with E-state index in [0.717, 1.165) is 34.0 Å².